The van der Waals surface area contributed by atoms with Gasteiger partial charge < -0.3 is 19.9 Å². The maximum atomic E-state index is 5.14. The first-order valence-corrected chi connectivity index (χ1v) is 9.57. The first-order chi connectivity index (χ1) is 14.1. The Balaban J connectivity index is 0.00000320. The predicted molar refractivity (Wildman–Crippen MR) is 127 cm³/mol. The number of methoxy groups -OCH3 is 1. The van der Waals surface area contributed by atoms with Crippen molar-refractivity contribution in [3.8, 4) is 5.69 Å². The first-order valence-electron chi connectivity index (χ1n) is 9.57. The minimum atomic E-state index is 0. The monoisotopic (exact) mass is 524 g/mol. The van der Waals surface area contributed by atoms with E-state index in [0.29, 0.717) is 25.7 Å². The zero-order chi connectivity index (χ0) is 20.6. The molecule has 1 aromatic carbocycles. The van der Waals surface area contributed by atoms with Crippen molar-refractivity contribution in [2.75, 3.05) is 20.3 Å². The van der Waals surface area contributed by atoms with Crippen molar-refractivity contribution in [3.05, 3.63) is 59.9 Å². The van der Waals surface area contributed by atoms with E-state index in [1.165, 1.54) is 0 Å². The van der Waals surface area contributed by atoms with Gasteiger partial charge in [-0.25, -0.2) is 9.67 Å². The van der Waals surface area contributed by atoms with Gasteiger partial charge in [-0.15, -0.1) is 34.2 Å². The Morgan fingerprint density at radius 1 is 1.27 bits per heavy atom. The van der Waals surface area contributed by atoms with Crippen LogP contribution in [0.2, 0.25) is 0 Å². The third kappa shape index (κ3) is 6.26. The maximum Gasteiger partial charge on any atom is 0.192 e. The molecule has 30 heavy (non-hydrogen) atoms. The molecule has 3 aromatic rings. The van der Waals surface area contributed by atoms with Gasteiger partial charge in [0.05, 0.1) is 18.3 Å². The summed E-state index contributed by atoms with van der Waals surface area (Å²) in [4.78, 5) is 4.68. The number of hydrogen-bond acceptors (Lipinski definition) is 5. The number of nitrogens with one attached hydrogen (secondary N) is 2. The molecule has 1 unspecified atom stereocenters. The van der Waals surface area contributed by atoms with Crippen molar-refractivity contribution in [1.82, 2.24) is 35.2 Å². The van der Waals surface area contributed by atoms with Crippen molar-refractivity contribution >= 4 is 29.9 Å². The van der Waals surface area contributed by atoms with Crippen molar-refractivity contribution < 1.29 is 4.74 Å². The molecule has 0 fully saturated rings. The Morgan fingerprint density at radius 2 is 2.10 bits per heavy atom. The molecule has 162 valence electrons. The van der Waals surface area contributed by atoms with Crippen LogP contribution in [-0.4, -0.2) is 50.8 Å². The summed E-state index contributed by atoms with van der Waals surface area (Å²) in [5.74, 6) is 2.37. The van der Waals surface area contributed by atoms with Gasteiger partial charge >= 0.3 is 0 Å². The minimum Gasteiger partial charge on any atom is -0.383 e. The summed E-state index contributed by atoms with van der Waals surface area (Å²) in [5.41, 5.74) is 2.15. The number of aryl methyl sites for hydroxylation is 1. The highest BCUT2D eigenvalue weighted by atomic mass is 127. The van der Waals surface area contributed by atoms with Crippen LogP contribution in [0.15, 0.2) is 47.7 Å². The number of aliphatic imine (C=N–C) groups is 1. The largest absolute Gasteiger partial charge is 0.383 e. The van der Waals surface area contributed by atoms with Gasteiger partial charge in [-0.2, -0.15) is 5.10 Å². The van der Waals surface area contributed by atoms with E-state index in [1.54, 1.807) is 13.3 Å². The third-order valence-corrected chi connectivity index (χ3v) is 4.65. The summed E-state index contributed by atoms with van der Waals surface area (Å²) < 4.78 is 8.93. The summed E-state index contributed by atoms with van der Waals surface area (Å²) in [5, 5.41) is 19.3. The van der Waals surface area contributed by atoms with Gasteiger partial charge in [0.15, 0.2) is 11.8 Å². The molecule has 0 spiro atoms. The average Bonchev–Trinajstić information content (AvgIpc) is 3.38. The first kappa shape index (κ1) is 23.8. The lowest BCUT2D eigenvalue weighted by Gasteiger charge is -2.19. The van der Waals surface area contributed by atoms with E-state index >= 15 is 0 Å². The Kier molecular flexibility index (Phi) is 9.24. The van der Waals surface area contributed by atoms with Crippen molar-refractivity contribution in [2.45, 2.75) is 26.4 Å². The standard InChI is InChI=1S/C20H28N8O.HI/c1-15(17-7-5-8-18(13-17)28-11-6-9-23-28)24-20(21-10-12-29-4)22-14-19-26-25-16(2)27(19)3;/h5-9,11,13,15H,10,12,14H2,1-4H3,(H2,21,22,24);1H. The molecule has 2 heterocycles. The average molecular weight is 524 g/mol. The number of rotatable bonds is 8. The Morgan fingerprint density at radius 3 is 2.77 bits per heavy atom. The summed E-state index contributed by atoms with van der Waals surface area (Å²) in [6, 6.07) is 10.2. The number of nitrogens with zero attached hydrogens (tertiary/aromatic N) is 6. The molecule has 0 bridgehead atoms. The molecule has 0 aliphatic heterocycles. The quantitative estimate of drug-likeness (QED) is 0.204. The topological polar surface area (TPSA) is 94.2 Å². The maximum absolute atomic E-state index is 5.14. The summed E-state index contributed by atoms with van der Waals surface area (Å²) >= 11 is 0. The van der Waals surface area contributed by atoms with Crippen molar-refractivity contribution in [1.29, 1.82) is 0 Å². The second kappa shape index (κ2) is 11.6. The van der Waals surface area contributed by atoms with Gasteiger partial charge in [0.25, 0.3) is 0 Å². The van der Waals surface area contributed by atoms with Crippen LogP contribution in [0.3, 0.4) is 0 Å². The van der Waals surface area contributed by atoms with Gasteiger partial charge in [0.2, 0.25) is 0 Å². The van der Waals surface area contributed by atoms with Gasteiger partial charge in [-0.1, -0.05) is 12.1 Å². The van der Waals surface area contributed by atoms with Crippen LogP contribution in [-0.2, 0) is 18.3 Å². The van der Waals surface area contributed by atoms with E-state index in [-0.39, 0.29) is 30.0 Å². The molecule has 2 N–H and O–H groups in total. The number of halogens is 1. The highest BCUT2D eigenvalue weighted by molar-refractivity contribution is 14.0. The van der Waals surface area contributed by atoms with Crippen molar-refractivity contribution in [2.24, 2.45) is 12.0 Å². The molecule has 0 amide bonds. The Labute approximate surface area is 194 Å². The van der Waals surface area contributed by atoms with E-state index in [9.17, 15) is 0 Å². The zero-order valence-electron chi connectivity index (χ0n) is 17.7. The van der Waals surface area contributed by atoms with Crippen LogP contribution in [0.4, 0.5) is 0 Å². The van der Waals surface area contributed by atoms with Crippen molar-refractivity contribution in [3.63, 3.8) is 0 Å². The lowest BCUT2D eigenvalue weighted by molar-refractivity contribution is 0.203. The molecule has 3 rings (SSSR count). The summed E-state index contributed by atoms with van der Waals surface area (Å²) in [6.45, 7) is 5.69. The Hall–Kier alpha value is -2.47. The predicted octanol–water partition coefficient (Wildman–Crippen LogP) is 2.37. The number of guanidine groups is 1. The van der Waals surface area contributed by atoms with E-state index in [2.05, 4.69) is 50.0 Å². The number of ether oxygens (including phenoxy) is 1. The molecule has 10 heteroatoms. The van der Waals surface area contributed by atoms with Crippen LogP contribution in [0.25, 0.3) is 5.69 Å². The van der Waals surface area contributed by atoms with E-state index in [0.717, 1.165) is 22.9 Å². The normalized spacial score (nSPS) is 12.3. The highest BCUT2D eigenvalue weighted by Gasteiger charge is 2.11. The minimum absolute atomic E-state index is 0. The fourth-order valence-corrected chi connectivity index (χ4v) is 2.81. The molecule has 1 atom stereocenters. The van der Waals surface area contributed by atoms with Gasteiger partial charge in [0.1, 0.15) is 12.4 Å². The van der Waals surface area contributed by atoms with E-state index < -0.39 is 0 Å². The van der Waals surface area contributed by atoms with Gasteiger partial charge in [0, 0.05) is 33.1 Å². The smallest absolute Gasteiger partial charge is 0.192 e. The molecule has 0 aliphatic carbocycles. The Bertz CT molecular complexity index is 938. The lowest BCUT2D eigenvalue weighted by Crippen LogP contribution is -2.40. The third-order valence-electron chi connectivity index (χ3n) is 4.65. The second-order valence-corrected chi connectivity index (χ2v) is 6.72. The van der Waals surface area contributed by atoms with Crippen LogP contribution in [0, 0.1) is 6.92 Å². The molecule has 9 nitrogen and oxygen atoms in total. The number of hydrogen-bond donors (Lipinski definition) is 2. The van der Waals surface area contributed by atoms with E-state index in [1.807, 2.05) is 47.6 Å². The van der Waals surface area contributed by atoms with Crippen LogP contribution in [0.1, 0.15) is 30.2 Å². The molecule has 0 saturated heterocycles. The molecular formula is C20H29IN8O. The molecule has 0 saturated carbocycles. The van der Waals surface area contributed by atoms with Crippen LogP contribution < -0.4 is 10.6 Å². The number of aromatic nitrogens is 5. The van der Waals surface area contributed by atoms with Crippen LogP contribution >= 0.6 is 24.0 Å². The molecule has 0 aliphatic rings. The van der Waals surface area contributed by atoms with E-state index in [4.69, 9.17) is 4.74 Å². The summed E-state index contributed by atoms with van der Waals surface area (Å²) in [6.07, 6.45) is 3.70. The van der Waals surface area contributed by atoms with Crippen LogP contribution in [0.5, 0.6) is 0 Å². The fraction of sp³-hybridized carbons (Fsp3) is 0.400. The molecule has 0 radical (unpaired) electrons. The van der Waals surface area contributed by atoms with Gasteiger partial charge in [-0.3, -0.25) is 0 Å². The lowest BCUT2D eigenvalue weighted by atomic mass is 10.1. The molecular weight excluding hydrogens is 495 g/mol. The fourth-order valence-electron chi connectivity index (χ4n) is 2.81. The SMILES string of the molecule is COCCNC(=NCc1nnc(C)n1C)NC(C)c1cccc(-n2cccn2)c1.I. The second-order valence-electron chi connectivity index (χ2n) is 6.72. The zero-order valence-corrected chi connectivity index (χ0v) is 20.1. The highest BCUT2D eigenvalue weighted by Crippen LogP contribution is 2.16. The molecule has 2 aromatic heterocycles. The summed E-state index contributed by atoms with van der Waals surface area (Å²) in [7, 11) is 3.62. The number of benzene rings is 1. The van der Waals surface area contributed by atoms with Gasteiger partial charge in [-0.05, 0) is 37.6 Å².